The molecule has 3 amide bonds. The summed E-state index contributed by atoms with van der Waals surface area (Å²) in [5.41, 5.74) is 0. The summed E-state index contributed by atoms with van der Waals surface area (Å²) >= 11 is 0. The number of carbonyl (C=O) groups is 2. The molecule has 0 aromatic heterocycles. The molecule has 0 radical (unpaired) electrons. The van der Waals surface area contributed by atoms with Gasteiger partial charge in [-0.2, -0.15) is 13.2 Å². The number of amides is 3. The number of imide groups is 1. The molecule has 0 spiro atoms. The summed E-state index contributed by atoms with van der Waals surface area (Å²) in [6.45, 7) is -0.297. The van der Waals surface area contributed by atoms with Crippen molar-refractivity contribution in [2.45, 2.75) is 19.0 Å². The topological polar surface area (TPSA) is 49.4 Å². The van der Waals surface area contributed by atoms with Gasteiger partial charge in [0.2, 0.25) is 5.91 Å². The monoisotopic (exact) mass is 210 g/mol. The Balaban J connectivity index is 2.31. The third-order valence-electron chi connectivity index (χ3n) is 1.78. The van der Waals surface area contributed by atoms with E-state index in [9.17, 15) is 22.8 Å². The average molecular weight is 210 g/mol. The highest BCUT2D eigenvalue weighted by atomic mass is 19.4. The van der Waals surface area contributed by atoms with E-state index in [4.69, 9.17) is 0 Å². The summed E-state index contributed by atoms with van der Waals surface area (Å²) in [5, 5.41) is 2.22. The molecule has 0 aromatic rings. The molecule has 1 fully saturated rings. The first-order valence-corrected chi connectivity index (χ1v) is 4.05. The van der Waals surface area contributed by atoms with E-state index in [0.29, 0.717) is 0 Å². The number of hydrogen-bond donors (Lipinski definition) is 1. The van der Waals surface area contributed by atoms with Crippen molar-refractivity contribution in [1.82, 2.24) is 10.2 Å². The average Bonchev–Trinajstić information content (AvgIpc) is 2.33. The quantitative estimate of drug-likeness (QED) is 0.703. The number of carbonyl (C=O) groups excluding carboxylic acids is 2. The maximum Gasteiger partial charge on any atom is 0.389 e. The molecule has 0 atom stereocenters. The zero-order chi connectivity index (χ0) is 10.8. The Morgan fingerprint density at radius 3 is 2.43 bits per heavy atom. The molecule has 1 aliphatic rings. The van der Waals surface area contributed by atoms with Gasteiger partial charge in [0.25, 0.3) is 0 Å². The molecule has 0 unspecified atom stereocenters. The van der Waals surface area contributed by atoms with Gasteiger partial charge in [-0.3, -0.25) is 9.69 Å². The minimum atomic E-state index is -4.24. The van der Waals surface area contributed by atoms with Gasteiger partial charge in [-0.1, -0.05) is 0 Å². The van der Waals surface area contributed by atoms with Crippen LogP contribution in [0.25, 0.3) is 0 Å². The Hall–Kier alpha value is -1.27. The minimum absolute atomic E-state index is 0.120. The van der Waals surface area contributed by atoms with E-state index in [1.807, 2.05) is 0 Å². The molecule has 1 heterocycles. The molecule has 4 nitrogen and oxygen atoms in total. The van der Waals surface area contributed by atoms with Crippen molar-refractivity contribution in [2.75, 3.05) is 13.1 Å². The Morgan fingerprint density at radius 2 is 2.00 bits per heavy atom. The number of nitrogens with zero attached hydrogens (tertiary/aromatic N) is 1. The van der Waals surface area contributed by atoms with Gasteiger partial charge >= 0.3 is 12.2 Å². The Bertz CT molecular complexity index is 236. The van der Waals surface area contributed by atoms with Crippen molar-refractivity contribution in [3.63, 3.8) is 0 Å². The molecule has 1 N–H and O–H groups in total. The van der Waals surface area contributed by atoms with Gasteiger partial charge in [-0.15, -0.1) is 0 Å². The number of urea groups is 1. The highest BCUT2D eigenvalue weighted by Crippen LogP contribution is 2.21. The van der Waals surface area contributed by atoms with Crippen LogP contribution in [0.3, 0.4) is 0 Å². The van der Waals surface area contributed by atoms with Crippen molar-refractivity contribution in [1.29, 1.82) is 0 Å². The predicted molar refractivity (Wildman–Crippen MR) is 40.4 cm³/mol. The first-order valence-electron chi connectivity index (χ1n) is 4.05. The summed E-state index contributed by atoms with van der Waals surface area (Å²) in [6.07, 6.45) is -5.47. The largest absolute Gasteiger partial charge is 0.389 e. The number of halogens is 3. The zero-order valence-electron chi connectivity index (χ0n) is 7.23. The van der Waals surface area contributed by atoms with E-state index in [2.05, 4.69) is 5.32 Å². The normalized spacial score (nSPS) is 17.5. The van der Waals surface area contributed by atoms with Crippen LogP contribution in [0.1, 0.15) is 12.8 Å². The van der Waals surface area contributed by atoms with Crippen molar-refractivity contribution in [2.24, 2.45) is 0 Å². The molecular weight excluding hydrogens is 201 g/mol. The SMILES string of the molecule is O=C1CNC(=O)N1CCCC(F)(F)F. The van der Waals surface area contributed by atoms with Crippen molar-refractivity contribution in [3.05, 3.63) is 0 Å². The number of alkyl halides is 3. The van der Waals surface area contributed by atoms with Crippen LogP contribution in [0.4, 0.5) is 18.0 Å². The fourth-order valence-corrected chi connectivity index (χ4v) is 1.12. The summed E-state index contributed by atoms with van der Waals surface area (Å²) in [7, 11) is 0. The summed E-state index contributed by atoms with van der Waals surface area (Å²) in [4.78, 5) is 22.6. The van der Waals surface area contributed by atoms with Gasteiger partial charge in [0.15, 0.2) is 0 Å². The standard InChI is InChI=1S/C7H9F3N2O2/c8-7(9,10)2-1-3-12-5(13)4-11-6(12)14/h1-4H2,(H,11,14). The predicted octanol–water partition coefficient (Wildman–Crippen LogP) is 0.881. The van der Waals surface area contributed by atoms with Crippen LogP contribution < -0.4 is 5.32 Å². The van der Waals surface area contributed by atoms with E-state index in [0.717, 1.165) is 4.90 Å². The van der Waals surface area contributed by atoms with Crippen molar-refractivity contribution >= 4 is 11.9 Å². The molecule has 0 aliphatic carbocycles. The first kappa shape index (κ1) is 10.8. The molecule has 7 heteroatoms. The van der Waals surface area contributed by atoms with Crippen LogP contribution in [0, 0.1) is 0 Å². The van der Waals surface area contributed by atoms with Gasteiger partial charge in [0, 0.05) is 13.0 Å². The Morgan fingerprint density at radius 1 is 1.36 bits per heavy atom. The Kier molecular flexibility index (Phi) is 2.97. The lowest BCUT2D eigenvalue weighted by molar-refractivity contribution is -0.138. The second-order valence-electron chi connectivity index (χ2n) is 2.92. The van der Waals surface area contributed by atoms with E-state index in [1.54, 1.807) is 0 Å². The van der Waals surface area contributed by atoms with E-state index in [-0.39, 0.29) is 19.5 Å². The maximum absolute atomic E-state index is 11.7. The second-order valence-corrected chi connectivity index (χ2v) is 2.92. The molecule has 0 bridgehead atoms. The maximum atomic E-state index is 11.7. The fourth-order valence-electron chi connectivity index (χ4n) is 1.12. The summed E-state index contributed by atoms with van der Waals surface area (Å²) in [5.74, 6) is -0.475. The van der Waals surface area contributed by atoms with Crippen LogP contribution in [0.2, 0.25) is 0 Å². The third kappa shape index (κ3) is 2.90. The van der Waals surface area contributed by atoms with Gasteiger partial charge in [0.05, 0.1) is 6.54 Å². The van der Waals surface area contributed by atoms with Gasteiger partial charge in [-0.05, 0) is 6.42 Å². The van der Waals surface area contributed by atoms with Crippen LogP contribution in [-0.2, 0) is 4.79 Å². The van der Waals surface area contributed by atoms with Gasteiger partial charge in [-0.25, -0.2) is 4.79 Å². The molecular formula is C7H9F3N2O2. The molecule has 1 aliphatic heterocycles. The van der Waals surface area contributed by atoms with E-state index < -0.39 is 24.5 Å². The zero-order valence-corrected chi connectivity index (χ0v) is 7.23. The Labute approximate surface area is 78.1 Å². The van der Waals surface area contributed by atoms with Crippen LogP contribution in [0.5, 0.6) is 0 Å². The smallest absolute Gasteiger partial charge is 0.329 e. The lowest BCUT2D eigenvalue weighted by Gasteiger charge is -2.12. The van der Waals surface area contributed by atoms with Crippen LogP contribution >= 0.6 is 0 Å². The second kappa shape index (κ2) is 3.85. The number of rotatable bonds is 3. The third-order valence-corrected chi connectivity index (χ3v) is 1.78. The first-order chi connectivity index (χ1) is 6.40. The lowest BCUT2D eigenvalue weighted by Crippen LogP contribution is -2.32. The van der Waals surface area contributed by atoms with Crippen molar-refractivity contribution in [3.8, 4) is 0 Å². The fraction of sp³-hybridized carbons (Fsp3) is 0.714. The summed E-state index contributed by atoms with van der Waals surface area (Å²) < 4.78 is 35.2. The molecule has 1 rings (SSSR count). The number of hydrogen-bond acceptors (Lipinski definition) is 2. The molecule has 0 aromatic carbocycles. The lowest BCUT2D eigenvalue weighted by atomic mass is 10.3. The molecule has 1 saturated heterocycles. The van der Waals surface area contributed by atoms with Crippen LogP contribution in [-0.4, -0.2) is 36.1 Å². The molecule has 14 heavy (non-hydrogen) atoms. The van der Waals surface area contributed by atoms with Gasteiger partial charge in [0.1, 0.15) is 0 Å². The number of nitrogens with one attached hydrogen (secondary N) is 1. The highest BCUT2D eigenvalue weighted by molar-refractivity contribution is 6.01. The highest BCUT2D eigenvalue weighted by Gasteiger charge is 2.31. The van der Waals surface area contributed by atoms with Crippen molar-refractivity contribution < 1.29 is 22.8 Å². The summed E-state index contributed by atoms with van der Waals surface area (Å²) in [6, 6.07) is -0.614. The minimum Gasteiger partial charge on any atom is -0.329 e. The molecule has 0 saturated carbocycles. The van der Waals surface area contributed by atoms with E-state index in [1.165, 1.54) is 0 Å². The van der Waals surface area contributed by atoms with Gasteiger partial charge < -0.3 is 5.32 Å². The van der Waals surface area contributed by atoms with E-state index >= 15 is 0 Å². The molecule has 80 valence electrons. The van der Waals surface area contributed by atoms with Crippen LogP contribution in [0.15, 0.2) is 0 Å².